The van der Waals surface area contributed by atoms with E-state index in [0.717, 1.165) is 24.9 Å². The summed E-state index contributed by atoms with van der Waals surface area (Å²) >= 11 is 0. The van der Waals surface area contributed by atoms with Crippen LogP contribution in [0.3, 0.4) is 0 Å². The molecule has 0 bridgehead atoms. The predicted molar refractivity (Wildman–Crippen MR) is 245 cm³/mol. The summed E-state index contributed by atoms with van der Waals surface area (Å²) in [6, 6.07) is 14.4. The van der Waals surface area contributed by atoms with E-state index in [2.05, 4.69) is 135 Å². The van der Waals surface area contributed by atoms with Gasteiger partial charge in [-0.1, -0.05) is 149 Å². The molecule has 0 amide bonds. The molecule has 0 N–H and O–H groups in total. The van der Waals surface area contributed by atoms with Gasteiger partial charge in [-0.15, -0.1) is 0 Å². The van der Waals surface area contributed by atoms with Crippen LogP contribution >= 0.6 is 0 Å². The van der Waals surface area contributed by atoms with E-state index in [1.54, 1.807) is 0 Å². The zero-order chi connectivity index (χ0) is 38.6. The Morgan fingerprint density at radius 1 is 0.286 bits per heavy atom. The summed E-state index contributed by atoms with van der Waals surface area (Å²) in [5.74, 6) is 0. The zero-order valence-corrected chi connectivity index (χ0v) is 45.4. The van der Waals surface area contributed by atoms with Crippen LogP contribution in [0.4, 0.5) is 0 Å². The van der Waals surface area contributed by atoms with Crippen LogP contribution < -0.4 is 0 Å². The van der Waals surface area contributed by atoms with Crippen molar-refractivity contribution >= 4 is 65.6 Å². The van der Waals surface area contributed by atoms with Gasteiger partial charge in [0.2, 0.25) is 0 Å². The van der Waals surface area contributed by atoms with Crippen molar-refractivity contribution in [3.05, 3.63) is 0 Å². The third-order valence-electron chi connectivity index (χ3n) is 14.8. The van der Waals surface area contributed by atoms with Crippen molar-refractivity contribution in [2.45, 2.75) is 212 Å². The van der Waals surface area contributed by atoms with E-state index >= 15 is 0 Å². The average molecular weight is 826 g/mol. The smallest absolute Gasteiger partial charge is 0.188 e. The highest BCUT2D eigenvalue weighted by Gasteiger charge is 2.62. The summed E-state index contributed by atoms with van der Waals surface area (Å²) in [5, 5.41) is 0.879. The molecule has 296 valence electrons. The molecule has 0 aromatic heterocycles. The Morgan fingerprint density at radius 3 is 0.633 bits per heavy atom. The summed E-state index contributed by atoms with van der Waals surface area (Å²) in [5.41, 5.74) is 0. The van der Waals surface area contributed by atoms with Gasteiger partial charge in [0.1, 0.15) is 0 Å². The van der Waals surface area contributed by atoms with Crippen LogP contribution in [0.1, 0.15) is 76.2 Å². The van der Waals surface area contributed by atoms with Gasteiger partial charge in [-0.2, -0.15) is 0 Å². The first-order valence-corrected chi connectivity index (χ1v) is 44.6. The summed E-state index contributed by atoms with van der Waals surface area (Å²) in [7, 11) is -15.1. The van der Waals surface area contributed by atoms with Crippen molar-refractivity contribution < 1.29 is 17.7 Å². The lowest BCUT2D eigenvalue weighted by molar-refractivity contribution is 0.311. The Hall–Kier alpha value is 1.58. The molecule has 0 rings (SSSR count). The molecule has 0 aliphatic heterocycles. The number of hydrogen-bond donors (Lipinski definition) is 0. The minimum Gasteiger partial charge on any atom is -0.420 e. The van der Waals surface area contributed by atoms with Crippen LogP contribution in [0.15, 0.2) is 0 Å². The first-order valence-electron chi connectivity index (χ1n) is 21.0. The SMILES string of the molecule is CC[Si](C)(CC)CO[Si](C)(C)C(C([Si](C)(C)OC[Si](CC)(CC)CC)[Si](C)(C)OC[Si](CC)(CC)CC)[Si](C)(C)OC[Si](CC)(CC)CC. The van der Waals surface area contributed by atoms with Gasteiger partial charge >= 0.3 is 0 Å². The highest BCUT2D eigenvalue weighted by Crippen LogP contribution is 2.53. The Labute approximate surface area is 318 Å². The molecule has 0 aromatic carbocycles. The van der Waals surface area contributed by atoms with E-state index in [4.69, 9.17) is 17.7 Å². The minimum atomic E-state index is -2.31. The molecule has 0 fully saturated rings. The van der Waals surface area contributed by atoms with Gasteiger partial charge in [0, 0.05) is 24.9 Å². The molecular weight excluding hydrogens is 733 g/mol. The van der Waals surface area contributed by atoms with Crippen molar-refractivity contribution in [1.82, 2.24) is 0 Å². The fourth-order valence-corrected chi connectivity index (χ4v) is 54.9. The van der Waals surface area contributed by atoms with E-state index in [1.165, 1.54) is 66.5 Å². The van der Waals surface area contributed by atoms with E-state index in [1.807, 2.05) is 0 Å². The fourth-order valence-electron chi connectivity index (χ4n) is 8.64. The largest absolute Gasteiger partial charge is 0.420 e. The molecule has 0 aliphatic rings. The van der Waals surface area contributed by atoms with E-state index in [-0.39, 0.29) is 0 Å². The summed E-state index contributed by atoms with van der Waals surface area (Å²) in [4.78, 5) is 0. The second-order valence-corrected chi connectivity index (χ2v) is 57.9. The van der Waals surface area contributed by atoms with Crippen molar-refractivity contribution in [3.63, 3.8) is 0 Å². The third kappa shape index (κ3) is 13.7. The lowest BCUT2D eigenvalue weighted by Crippen LogP contribution is -2.66. The lowest BCUT2D eigenvalue weighted by atomic mass is 10.9. The van der Waals surface area contributed by atoms with Crippen LogP contribution in [0.25, 0.3) is 0 Å². The quantitative estimate of drug-likeness (QED) is 0.0737. The molecule has 0 spiro atoms. The van der Waals surface area contributed by atoms with Gasteiger partial charge in [-0.05, 0) is 62.7 Å². The Morgan fingerprint density at radius 2 is 0.469 bits per heavy atom. The number of rotatable bonds is 28. The topological polar surface area (TPSA) is 36.9 Å². The summed E-state index contributed by atoms with van der Waals surface area (Å²) < 4.78 is 30.4. The maximum absolute atomic E-state index is 7.61. The van der Waals surface area contributed by atoms with Gasteiger partial charge < -0.3 is 17.7 Å². The first-order chi connectivity index (χ1) is 22.5. The third-order valence-corrected chi connectivity index (χ3v) is 56.6. The molecule has 4 nitrogen and oxygen atoms in total. The van der Waals surface area contributed by atoms with Crippen LogP contribution in [-0.4, -0.2) is 90.5 Å². The van der Waals surface area contributed by atoms with Gasteiger partial charge in [0.05, 0.1) is 32.3 Å². The molecule has 0 radical (unpaired) electrons. The molecule has 0 saturated heterocycles. The van der Waals surface area contributed by atoms with Gasteiger partial charge in [0.15, 0.2) is 33.3 Å². The zero-order valence-electron chi connectivity index (χ0n) is 37.4. The van der Waals surface area contributed by atoms with E-state index in [9.17, 15) is 0 Å². The van der Waals surface area contributed by atoms with Crippen molar-refractivity contribution in [2.75, 3.05) is 24.9 Å². The first kappa shape index (κ1) is 50.6. The standard InChI is InChI=1S/C37H92O4Si8/c1-21-46(20,22-2)32-38-42(12,13)36(43(14,15)39-33-47(23-3,24-4)25-5)37(44(16,17)40-34-48(26-6,27-7)28-8)45(18,19)41-35-49(29-9,30-10)31-11/h36-37H,21-35H2,1-20H3. The molecule has 49 heavy (non-hydrogen) atoms. The molecule has 0 saturated carbocycles. The molecule has 1 atom stereocenters. The molecule has 0 aliphatic carbocycles. The minimum absolute atomic E-state index is 0.439. The second-order valence-electron chi connectivity index (χ2n) is 18.7. The van der Waals surface area contributed by atoms with E-state index < -0.39 is 65.6 Å². The van der Waals surface area contributed by atoms with Crippen molar-refractivity contribution in [3.8, 4) is 0 Å². The van der Waals surface area contributed by atoms with Crippen LogP contribution in [0, 0.1) is 0 Å². The second kappa shape index (κ2) is 21.0. The molecule has 0 heterocycles. The van der Waals surface area contributed by atoms with Crippen molar-refractivity contribution in [1.29, 1.82) is 0 Å². The number of hydrogen-bond acceptors (Lipinski definition) is 4. The molecule has 0 aromatic rings. The van der Waals surface area contributed by atoms with Gasteiger partial charge in [0.25, 0.3) is 0 Å². The predicted octanol–water partition coefficient (Wildman–Crippen LogP) is 13.5. The summed E-state index contributed by atoms with van der Waals surface area (Å²) in [6.45, 7) is 50.1. The maximum Gasteiger partial charge on any atom is 0.188 e. The highest BCUT2D eigenvalue weighted by molar-refractivity contribution is 7.02. The van der Waals surface area contributed by atoms with E-state index in [0.29, 0.717) is 10.3 Å². The summed E-state index contributed by atoms with van der Waals surface area (Å²) in [6.07, 6.45) is 4.04. The molecular formula is C37H92O4Si8. The van der Waals surface area contributed by atoms with Gasteiger partial charge in [-0.3, -0.25) is 0 Å². The average Bonchev–Trinajstić information content (AvgIpc) is 3.08. The Balaban J connectivity index is 7.64. The normalized spacial score (nSPS) is 15.4. The molecule has 1 unspecified atom stereocenters. The fraction of sp³-hybridized carbons (Fsp3) is 1.00. The Bertz CT molecular complexity index is 853. The maximum atomic E-state index is 7.61. The Kier molecular flexibility index (Phi) is 21.7. The van der Waals surface area contributed by atoms with Crippen molar-refractivity contribution in [2.24, 2.45) is 0 Å². The molecule has 12 heteroatoms. The highest BCUT2D eigenvalue weighted by atomic mass is 28.4. The monoisotopic (exact) mass is 825 g/mol. The van der Waals surface area contributed by atoms with Crippen LogP contribution in [0.5, 0.6) is 0 Å². The lowest BCUT2D eigenvalue weighted by Gasteiger charge is -2.55. The van der Waals surface area contributed by atoms with Crippen LogP contribution in [0.2, 0.25) is 136 Å². The van der Waals surface area contributed by atoms with Gasteiger partial charge in [-0.25, -0.2) is 0 Å². The van der Waals surface area contributed by atoms with Crippen LogP contribution in [-0.2, 0) is 17.7 Å².